The topological polar surface area (TPSA) is 35.4 Å². The fourth-order valence-corrected chi connectivity index (χ4v) is 4.06. The molecule has 130 valence electrons. The molecule has 25 heavy (non-hydrogen) atoms. The molecule has 1 N–H and O–H groups in total. The van der Waals surface area contributed by atoms with Crippen molar-refractivity contribution in [2.45, 2.75) is 25.3 Å². The highest BCUT2D eigenvalue weighted by Gasteiger charge is 2.41. The van der Waals surface area contributed by atoms with Crippen LogP contribution in [0.1, 0.15) is 30.9 Å². The molecule has 2 saturated heterocycles. The van der Waals surface area contributed by atoms with E-state index in [2.05, 4.69) is 53.8 Å². The van der Waals surface area contributed by atoms with Crippen molar-refractivity contribution in [1.29, 1.82) is 0 Å². The number of nitroso groups, excluding NO2 is 1. The molecule has 4 heteroatoms. The Kier molecular flexibility index (Phi) is 4.79. The van der Waals surface area contributed by atoms with Gasteiger partial charge in [0.15, 0.2) is 0 Å². The first-order chi connectivity index (χ1) is 12.3. The maximum absolute atomic E-state index is 12.9. The van der Waals surface area contributed by atoms with Gasteiger partial charge in [0, 0.05) is 12.0 Å². The molecule has 2 aromatic rings. The fraction of sp³-hybridized carbons (Fsp3) is 0.429. The number of hydrogen-bond acceptors (Lipinski definition) is 2. The third kappa shape index (κ3) is 3.59. The third-order valence-electron chi connectivity index (χ3n) is 5.51. The van der Waals surface area contributed by atoms with Crippen LogP contribution in [0.4, 0.5) is 0 Å². The number of hydrogen-bond donors (Lipinski definition) is 1. The molecule has 1 atom stereocenters. The molecule has 0 spiro atoms. The monoisotopic (exact) mass is 336 g/mol. The molecule has 4 nitrogen and oxygen atoms in total. The van der Waals surface area contributed by atoms with Gasteiger partial charge >= 0.3 is 0 Å². The van der Waals surface area contributed by atoms with E-state index in [1.165, 1.54) is 28.8 Å². The fourth-order valence-electron chi connectivity index (χ4n) is 4.06. The first kappa shape index (κ1) is 16.3. The van der Waals surface area contributed by atoms with E-state index in [9.17, 15) is 4.91 Å². The van der Waals surface area contributed by atoms with E-state index < -0.39 is 0 Å². The van der Waals surface area contributed by atoms with Crippen LogP contribution >= 0.6 is 0 Å². The SMILES string of the molecule is O=[N+]1C(c2cccc(-c3ccccc3)c2)CCN1CC1CCNCC1. The maximum atomic E-state index is 12.9. The van der Waals surface area contributed by atoms with Crippen molar-refractivity contribution in [3.8, 4) is 11.1 Å². The smallest absolute Gasteiger partial charge is 0.261 e. The largest absolute Gasteiger partial charge is 0.317 e. The van der Waals surface area contributed by atoms with Gasteiger partial charge in [-0.3, -0.25) is 0 Å². The summed E-state index contributed by atoms with van der Waals surface area (Å²) in [7, 11) is 0. The maximum Gasteiger partial charge on any atom is 0.261 e. The van der Waals surface area contributed by atoms with Crippen LogP contribution in [0, 0.1) is 10.8 Å². The second-order valence-corrected chi connectivity index (χ2v) is 7.20. The van der Waals surface area contributed by atoms with Crippen LogP contribution in [0.15, 0.2) is 54.6 Å². The second-order valence-electron chi connectivity index (χ2n) is 7.20. The minimum atomic E-state index is -0.0506. The number of piperidine rings is 1. The van der Waals surface area contributed by atoms with Crippen molar-refractivity contribution in [3.63, 3.8) is 0 Å². The van der Waals surface area contributed by atoms with Crippen LogP contribution < -0.4 is 5.32 Å². The Morgan fingerprint density at radius 3 is 2.52 bits per heavy atom. The summed E-state index contributed by atoms with van der Waals surface area (Å²) in [5, 5.41) is 5.42. The van der Waals surface area contributed by atoms with Crippen LogP contribution in [-0.2, 0) is 0 Å². The van der Waals surface area contributed by atoms with Crippen molar-refractivity contribution >= 4 is 0 Å². The van der Waals surface area contributed by atoms with E-state index in [0.29, 0.717) is 5.92 Å². The van der Waals surface area contributed by atoms with Gasteiger partial charge in [-0.05, 0) is 49.0 Å². The Labute approximate surface area is 149 Å². The van der Waals surface area contributed by atoms with E-state index in [1.54, 1.807) is 0 Å². The van der Waals surface area contributed by atoms with Crippen molar-refractivity contribution in [3.05, 3.63) is 65.1 Å². The summed E-state index contributed by atoms with van der Waals surface area (Å²) in [6, 6.07) is 18.8. The average Bonchev–Trinajstić information content (AvgIpc) is 3.04. The molecule has 0 radical (unpaired) electrons. The van der Waals surface area contributed by atoms with Gasteiger partial charge in [0.1, 0.15) is 4.87 Å². The summed E-state index contributed by atoms with van der Waals surface area (Å²) in [6.07, 6.45) is 3.27. The van der Waals surface area contributed by atoms with Crippen LogP contribution in [0.2, 0.25) is 0 Å². The summed E-state index contributed by atoms with van der Waals surface area (Å²) in [5.74, 6) is 0.645. The standard InChI is InChI=1S/C21H26N3O/c25-24-21(11-14-23(24)16-17-9-12-22-13-10-17)20-8-4-7-19(15-20)18-5-2-1-3-6-18/h1-8,15,17,21-22H,9-14,16H2/q+1. The van der Waals surface area contributed by atoms with Gasteiger partial charge in [0.2, 0.25) is 0 Å². The summed E-state index contributed by atoms with van der Waals surface area (Å²) in [5.41, 5.74) is 3.51. The molecule has 0 bridgehead atoms. The van der Waals surface area contributed by atoms with Gasteiger partial charge in [0.25, 0.3) is 6.04 Å². The van der Waals surface area contributed by atoms with Gasteiger partial charge in [-0.15, -0.1) is 5.01 Å². The van der Waals surface area contributed by atoms with Gasteiger partial charge in [-0.2, -0.15) is 0 Å². The van der Waals surface area contributed by atoms with Gasteiger partial charge in [-0.25, -0.2) is 0 Å². The number of nitrogens with zero attached hydrogens (tertiary/aromatic N) is 2. The van der Waals surface area contributed by atoms with E-state index in [4.69, 9.17) is 0 Å². The molecule has 4 rings (SSSR count). The lowest BCUT2D eigenvalue weighted by Gasteiger charge is -2.23. The lowest BCUT2D eigenvalue weighted by Crippen LogP contribution is -2.37. The summed E-state index contributed by atoms with van der Waals surface area (Å²) >= 11 is 0. The van der Waals surface area contributed by atoms with Crippen molar-refractivity contribution < 1.29 is 4.87 Å². The summed E-state index contributed by atoms with van der Waals surface area (Å²) in [6.45, 7) is 3.94. The predicted molar refractivity (Wildman–Crippen MR) is 100 cm³/mol. The zero-order chi connectivity index (χ0) is 17.1. The number of nitrogens with one attached hydrogen (secondary N) is 1. The van der Waals surface area contributed by atoms with E-state index in [1.807, 2.05) is 11.1 Å². The first-order valence-corrected chi connectivity index (χ1v) is 9.38. The van der Waals surface area contributed by atoms with Crippen molar-refractivity contribution in [2.24, 2.45) is 5.92 Å². The molecule has 2 aromatic carbocycles. The second kappa shape index (κ2) is 7.36. The molecule has 2 aliphatic rings. The lowest BCUT2D eigenvalue weighted by molar-refractivity contribution is -0.717. The Morgan fingerprint density at radius 2 is 1.72 bits per heavy atom. The normalized spacial score (nSPS) is 21.7. The minimum Gasteiger partial charge on any atom is -0.317 e. The Balaban J connectivity index is 1.48. The van der Waals surface area contributed by atoms with Gasteiger partial charge in [-0.1, -0.05) is 48.5 Å². The average molecular weight is 336 g/mol. The van der Waals surface area contributed by atoms with Gasteiger partial charge < -0.3 is 5.32 Å². The van der Waals surface area contributed by atoms with Crippen LogP contribution in [0.3, 0.4) is 0 Å². The van der Waals surface area contributed by atoms with E-state index in [0.717, 1.165) is 38.2 Å². The predicted octanol–water partition coefficient (Wildman–Crippen LogP) is 3.79. The zero-order valence-corrected chi connectivity index (χ0v) is 14.6. The van der Waals surface area contributed by atoms with Crippen molar-refractivity contribution in [2.75, 3.05) is 26.2 Å². The van der Waals surface area contributed by atoms with Crippen LogP contribution in [0.25, 0.3) is 11.1 Å². The molecule has 1 unspecified atom stereocenters. The number of benzene rings is 2. The Hall–Kier alpha value is -2.20. The van der Waals surface area contributed by atoms with E-state index in [-0.39, 0.29) is 6.04 Å². The molecule has 2 aliphatic heterocycles. The van der Waals surface area contributed by atoms with E-state index >= 15 is 0 Å². The third-order valence-corrected chi connectivity index (χ3v) is 5.51. The molecule has 0 saturated carbocycles. The Morgan fingerprint density at radius 1 is 0.960 bits per heavy atom. The highest BCUT2D eigenvalue weighted by Crippen LogP contribution is 2.32. The molecule has 2 fully saturated rings. The molecule has 0 aromatic heterocycles. The molecule has 0 aliphatic carbocycles. The molecular weight excluding hydrogens is 310 g/mol. The molecular formula is C21H26N3O+. The highest BCUT2D eigenvalue weighted by atomic mass is 16.3. The van der Waals surface area contributed by atoms with Crippen molar-refractivity contribution in [1.82, 2.24) is 10.3 Å². The Bertz CT molecular complexity index is 725. The van der Waals surface area contributed by atoms with Crippen LogP contribution in [0.5, 0.6) is 0 Å². The quantitative estimate of drug-likeness (QED) is 0.863. The van der Waals surface area contributed by atoms with Crippen LogP contribution in [-0.4, -0.2) is 36.1 Å². The minimum absolute atomic E-state index is 0.0506. The number of rotatable bonds is 4. The number of hydrazine groups is 1. The summed E-state index contributed by atoms with van der Waals surface area (Å²) < 4.78 is 0. The first-order valence-electron chi connectivity index (χ1n) is 9.38. The van der Waals surface area contributed by atoms with Gasteiger partial charge in [0.05, 0.1) is 18.0 Å². The summed E-state index contributed by atoms with van der Waals surface area (Å²) in [4.78, 5) is 14.1. The molecule has 0 amide bonds. The highest BCUT2D eigenvalue weighted by molar-refractivity contribution is 5.64. The lowest BCUT2D eigenvalue weighted by atomic mass is 9.98. The molecule has 2 heterocycles. The zero-order valence-electron chi connectivity index (χ0n) is 14.6.